The Balaban J connectivity index is 1.90. The van der Waals surface area contributed by atoms with Gasteiger partial charge in [-0.25, -0.2) is 4.98 Å². The second-order valence-electron chi connectivity index (χ2n) is 6.37. The van der Waals surface area contributed by atoms with Gasteiger partial charge in [-0.3, -0.25) is 4.79 Å². The van der Waals surface area contributed by atoms with Crippen LogP contribution in [0.25, 0.3) is 0 Å². The first-order chi connectivity index (χ1) is 10.6. The van der Waals surface area contributed by atoms with Gasteiger partial charge >= 0.3 is 0 Å². The van der Waals surface area contributed by atoms with E-state index >= 15 is 0 Å². The summed E-state index contributed by atoms with van der Waals surface area (Å²) in [5.74, 6) is 0.776. The topological polar surface area (TPSA) is 54.5 Å². The van der Waals surface area contributed by atoms with Gasteiger partial charge in [0, 0.05) is 24.8 Å². The molecule has 0 radical (unpaired) electrons. The highest BCUT2D eigenvalue weighted by Crippen LogP contribution is 2.46. The zero-order valence-corrected chi connectivity index (χ0v) is 13.9. The molecule has 2 rings (SSSR count). The normalized spacial score (nSPS) is 15.6. The minimum Gasteiger partial charge on any atom is -0.477 e. The molecule has 0 bridgehead atoms. The average Bonchev–Trinajstić information content (AvgIpc) is 3.26. The van der Waals surface area contributed by atoms with E-state index in [0.29, 0.717) is 19.0 Å². The number of rotatable bonds is 9. The van der Waals surface area contributed by atoms with Crippen molar-refractivity contribution in [2.45, 2.75) is 39.2 Å². The van der Waals surface area contributed by atoms with Gasteiger partial charge in [0.15, 0.2) is 0 Å². The van der Waals surface area contributed by atoms with E-state index in [0.717, 1.165) is 37.8 Å². The van der Waals surface area contributed by atoms with Crippen LogP contribution in [0.5, 0.6) is 5.88 Å². The predicted molar refractivity (Wildman–Crippen MR) is 86.7 cm³/mol. The summed E-state index contributed by atoms with van der Waals surface area (Å²) < 4.78 is 5.70. The fourth-order valence-corrected chi connectivity index (χ4v) is 2.58. The van der Waals surface area contributed by atoms with E-state index in [2.05, 4.69) is 22.1 Å². The molecule has 0 saturated heterocycles. The third-order valence-corrected chi connectivity index (χ3v) is 3.98. The van der Waals surface area contributed by atoms with E-state index in [1.165, 1.54) is 0 Å². The predicted octanol–water partition coefficient (Wildman–Crippen LogP) is 2.22. The van der Waals surface area contributed by atoms with Crippen LogP contribution in [0.2, 0.25) is 0 Å². The molecule has 1 aliphatic carbocycles. The Kier molecular flexibility index (Phi) is 5.77. The average molecular weight is 305 g/mol. The number of nitrogens with one attached hydrogen (secondary N) is 1. The molecule has 1 fully saturated rings. The number of unbranched alkanes of at least 4 members (excludes halogenated alkanes) is 1. The van der Waals surface area contributed by atoms with Crippen LogP contribution in [0.3, 0.4) is 0 Å². The van der Waals surface area contributed by atoms with Crippen molar-refractivity contribution >= 4 is 5.91 Å². The highest BCUT2D eigenvalue weighted by Gasteiger charge is 2.49. The molecule has 1 saturated carbocycles. The second-order valence-corrected chi connectivity index (χ2v) is 6.37. The summed E-state index contributed by atoms with van der Waals surface area (Å²) in [7, 11) is 4.02. The molecule has 0 spiro atoms. The number of carbonyl (C=O) groups excluding carboxylic acids is 1. The highest BCUT2D eigenvalue weighted by molar-refractivity contribution is 5.85. The standard InChI is InChI=1S/C17H27N3O2/c1-4-5-11-22-15-14(7-6-10-18-15)12-19-16(21)17(8-9-17)13-20(2)3/h6-7,10H,4-5,8-9,11-13H2,1-3H3,(H,19,21). The minimum atomic E-state index is -0.186. The van der Waals surface area contributed by atoms with Crippen LogP contribution in [0.1, 0.15) is 38.2 Å². The molecule has 5 heteroatoms. The first kappa shape index (κ1) is 16.7. The van der Waals surface area contributed by atoms with Crippen LogP contribution in [-0.4, -0.2) is 43.0 Å². The number of amides is 1. The van der Waals surface area contributed by atoms with Gasteiger partial charge in [0.05, 0.1) is 12.0 Å². The Morgan fingerprint density at radius 2 is 2.23 bits per heavy atom. The maximum absolute atomic E-state index is 12.4. The van der Waals surface area contributed by atoms with Gasteiger partial charge in [-0.2, -0.15) is 0 Å². The largest absolute Gasteiger partial charge is 0.477 e. The van der Waals surface area contributed by atoms with E-state index in [-0.39, 0.29) is 11.3 Å². The van der Waals surface area contributed by atoms with Crippen LogP contribution in [-0.2, 0) is 11.3 Å². The van der Waals surface area contributed by atoms with E-state index in [1.54, 1.807) is 6.20 Å². The van der Waals surface area contributed by atoms with Crippen molar-refractivity contribution in [3.8, 4) is 5.88 Å². The lowest BCUT2D eigenvalue weighted by Crippen LogP contribution is -2.37. The van der Waals surface area contributed by atoms with Crippen molar-refractivity contribution in [1.29, 1.82) is 0 Å². The molecule has 1 aliphatic rings. The number of carbonyl (C=O) groups is 1. The molecular weight excluding hydrogens is 278 g/mol. The Morgan fingerprint density at radius 3 is 2.86 bits per heavy atom. The number of hydrogen-bond donors (Lipinski definition) is 1. The third-order valence-electron chi connectivity index (χ3n) is 3.98. The van der Waals surface area contributed by atoms with Crippen molar-refractivity contribution in [3.05, 3.63) is 23.9 Å². The van der Waals surface area contributed by atoms with Crippen molar-refractivity contribution in [2.24, 2.45) is 5.41 Å². The van der Waals surface area contributed by atoms with Crippen molar-refractivity contribution in [2.75, 3.05) is 27.2 Å². The number of nitrogens with zero attached hydrogens (tertiary/aromatic N) is 2. The van der Waals surface area contributed by atoms with Crippen molar-refractivity contribution in [1.82, 2.24) is 15.2 Å². The fraction of sp³-hybridized carbons (Fsp3) is 0.647. The molecule has 1 heterocycles. The van der Waals surface area contributed by atoms with Gasteiger partial charge in [0.2, 0.25) is 11.8 Å². The Bertz CT molecular complexity index is 498. The van der Waals surface area contributed by atoms with E-state index in [4.69, 9.17) is 4.74 Å². The zero-order chi connectivity index (χ0) is 16.0. The molecule has 1 N–H and O–H groups in total. The molecule has 1 amide bonds. The van der Waals surface area contributed by atoms with Crippen LogP contribution in [0.4, 0.5) is 0 Å². The summed E-state index contributed by atoms with van der Waals surface area (Å²) in [4.78, 5) is 18.8. The summed E-state index contributed by atoms with van der Waals surface area (Å²) in [6.45, 7) is 4.08. The van der Waals surface area contributed by atoms with Gasteiger partial charge in [0.25, 0.3) is 0 Å². The summed E-state index contributed by atoms with van der Waals surface area (Å²) in [6, 6.07) is 3.83. The fourth-order valence-electron chi connectivity index (χ4n) is 2.58. The van der Waals surface area contributed by atoms with Crippen LogP contribution in [0, 0.1) is 5.41 Å². The molecule has 0 unspecified atom stereocenters. The van der Waals surface area contributed by atoms with Gasteiger partial charge in [-0.15, -0.1) is 0 Å². The monoisotopic (exact) mass is 305 g/mol. The van der Waals surface area contributed by atoms with E-state index in [1.807, 2.05) is 26.2 Å². The SMILES string of the molecule is CCCCOc1ncccc1CNC(=O)C1(CN(C)C)CC1. The summed E-state index contributed by atoms with van der Waals surface area (Å²) in [5, 5.41) is 3.05. The second kappa shape index (κ2) is 7.58. The lowest BCUT2D eigenvalue weighted by molar-refractivity contribution is -0.127. The van der Waals surface area contributed by atoms with E-state index < -0.39 is 0 Å². The molecule has 5 nitrogen and oxygen atoms in total. The number of ether oxygens (including phenoxy) is 1. The van der Waals surface area contributed by atoms with Gasteiger partial charge in [0.1, 0.15) is 0 Å². The summed E-state index contributed by atoms with van der Waals surface area (Å²) in [5.41, 5.74) is 0.752. The molecule has 22 heavy (non-hydrogen) atoms. The molecule has 122 valence electrons. The lowest BCUT2D eigenvalue weighted by atomic mass is 10.1. The van der Waals surface area contributed by atoms with Crippen molar-refractivity contribution < 1.29 is 9.53 Å². The molecule has 0 atom stereocenters. The van der Waals surface area contributed by atoms with Gasteiger partial charge < -0.3 is 15.0 Å². The third kappa shape index (κ3) is 4.44. The molecular formula is C17H27N3O2. The minimum absolute atomic E-state index is 0.143. The Morgan fingerprint density at radius 1 is 1.45 bits per heavy atom. The summed E-state index contributed by atoms with van der Waals surface area (Å²) >= 11 is 0. The van der Waals surface area contributed by atoms with Crippen molar-refractivity contribution in [3.63, 3.8) is 0 Å². The van der Waals surface area contributed by atoms with Gasteiger partial charge in [-0.1, -0.05) is 19.4 Å². The van der Waals surface area contributed by atoms with Crippen LogP contribution < -0.4 is 10.1 Å². The Hall–Kier alpha value is -1.62. The molecule has 1 aromatic rings. The highest BCUT2D eigenvalue weighted by atomic mass is 16.5. The first-order valence-corrected chi connectivity index (χ1v) is 8.07. The smallest absolute Gasteiger partial charge is 0.227 e. The quantitative estimate of drug-likeness (QED) is 0.711. The number of pyridine rings is 1. The van der Waals surface area contributed by atoms with Crippen LogP contribution >= 0.6 is 0 Å². The van der Waals surface area contributed by atoms with E-state index in [9.17, 15) is 4.79 Å². The summed E-state index contributed by atoms with van der Waals surface area (Å²) in [6.07, 6.45) is 5.77. The maximum atomic E-state index is 12.4. The van der Waals surface area contributed by atoms with Crippen LogP contribution in [0.15, 0.2) is 18.3 Å². The molecule has 0 aliphatic heterocycles. The zero-order valence-electron chi connectivity index (χ0n) is 13.9. The first-order valence-electron chi connectivity index (χ1n) is 8.07. The number of hydrogen-bond acceptors (Lipinski definition) is 4. The molecule has 1 aromatic heterocycles. The maximum Gasteiger partial charge on any atom is 0.227 e. The lowest BCUT2D eigenvalue weighted by Gasteiger charge is -2.20. The Labute approximate surface area is 133 Å². The molecule has 0 aromatic carbocycles. The number of aromatic nitrogens is 1. The van der Waals surface area contributed by atoms with Gasteiger partial charge in [-0.05, 0) is 39.4 Å².